The highest BCUT2D eigenvalue weighted by molar-refractivity contribution is 7.51. The summed E-state index contributed by atoms with van der Waals surface area (Å²) in [6.45, 7) is 1.84. The van der Waals surface area contributed by atoms with Gasteiger partial charge < -0.3 is 25.4 Å². The van der Waals surface area contributed by atoms with Crippen LogP contribution in [0.2, 0.25) is 0 Å². The number of ether oxygens (including phenoxy) is 1. The van der Waals surface area contributed by atoms with Gasteiger partial charge in [-0.15, -0.1) is 0 Å². The van der Waals surface area contributed by atoms with E-state index in [0.717, 1.165) is 7.11 Å². The smallest absolute Gasteiger partial charge is 0.325 e. The predicted molar refractivity (Wildman–Crippen MR) is 54.3 cm³/mol. The molecule has 0 aromatic rings. The number of rotatable bonds is 5. The lowest BCUT2D eigenvalue weighted by molar-refractivity contribution is -0.144. The van der Waals surface area contributed by atoms with Gasteiger partial charge in [0.05, 0.1) is 12.8 Å². The molecule has 92 valence electrons. The molecule has 0 aromatic carbocycles. The second-order valence-corrected chi connectivity index (χ2v) is 4.31. The van der Waals surface area contributed by atoms with Gasteiger partial charge in [0.15, 0.2) is 0 Å². The molecule has 0 saturated heterocycles. The zero-order valence-corrected chi connectivity index (χ0v) is 9.68. The van der Waals surface area contributed by atoms with E-state index in [0.29, 0.717) is 0 Å². The Bertz CT molecular complexity index is 216. The fourth-order valence-electron chi connectivity index (χ4n) is 0.674. The van der Waals surface area contributed by atoms with E-state index in [1.807, 2.05) is 0 Å². The number of aliphatic hydroxyl groups is 1. The maximum Gasteiger partial charge on any atom is 0.325 e. The third kappa shape index (κ3) is 11.5. The number of carbonyl (C=O) groups excluding carboxylic acids is 1. The minimum atomic E-state index is -4.07. The Morgan fingerprint density at radius 1 is 1.47 bits per heavy atom. The first-order valence-corrected chi connectivity index (χ1v) is 6.08. The van der Waals surface area contributed by atoms with Crippen LogP contribution in [0.4, 0.5) is 0 Å². The fraction of sp³-hybridized carbons (Fsp3) is 0.857. The van der Waals surface area contributed by atoms with Crippen LogP contribution in [0, 0.1) is 0 Å². The van der Waals surface area contributed by atoms with E-state index in [9.17, 15) is 9.36 Å². The van der Waals surface area contributed by atoms with E-state index in [-0.39, 0.29) is 13.0 Å². The van der Waals surface area contributed by atoms with E-state index in [4.69, 9.17) is 20.6 Å². The number of hydrogen-bond acceptors (Lipinski definition) is 5. The maximum absolute atomic E-state index is 10.9. The van der Waals surface area contributed by atoms with Crippen LogP contribution in [0.15, 0.2) is 0 Å². The summed E-state index contributed by atoms with van der Waals surface area (Å²) in [5, 5.41) is 7.00. The van der Waals surface area contributed by atoms with Gasteiger partial charge in [0.1, 0.15) is 6.04 Å². The molecule has 1 unspecified atom stereocenters. The number of aliphatic hydroxyl groups excluding tert-OH is 1. The number of hydrogen-bond donors (Lipinski definition) is 4. The first-order chi connectivity index (χ1) is 6.87. The van der Waals surface area contributed by atoms with Crippen LogP contribution in [0.1, 0.15) is 13.3 Å². The molecule has 0 aliphatic heterocycles. The van der Waals surface area contributed by atoms with E-state index in [1.165, 1.54) is 0 Å². The van der Waals surface area contributed by atoms with Gasteiger partial charge in [0.2, 0.25) is 0 Å². The zero-order valence-electron chi connectivity index (χ0n) is 8.79. The van der Waals surface area contributed by atoms with Crippen molar-refractivity contribution in [3.8, 4) is 0 Å². The van der Waals surface area contributed by atoms with Crippen molar-refractivity contribution in [3.05, 3.63) is 0 Å². The average Bonchev–Trinajstić information content (AvgIpc) is 2.16. The van der Waals surface area contributed by atoms with Gasteiger partial charge in [-0.3, -0.25) is 9.36 Å². The van der Waals surface area contributed by atoms with Crippen LogP contribution in [0.3, 0.4) is 0 Å². The third-order valence-electron chi connectivity index (χ3n) is 1.32. The van der Waals surface area contributed by atoms with Gasteiger partial charge in [0.25, 0.3) is 0 Å². The fourth-order valence-corrected chi connectivity index (χ4v) is 1.29. The topological polar surface area (TPSA) is 130 Å². The lowest BCUT2D eigenvalue weighted by Gasteiger charge is -2.10. The van der Waals surface area contributed by atoms with Crippen LogP contribution in [-0.4, -0.2) is 46.8 Å². The minimum absolute atomic E-state index is 0.0664. The van der Waals surface area contributed by atoms with E-state index >= 15 is 0 Å². The molecule has 0 amide bonds. The van der Waals surface area contributed by atoms with E-state index < -0.39 is 25.8 Å². The van der Waals surface area contributed by atoms with Gasteiger partial charge in [-0.25, -0.2) is 0 Å². The molecule has 0 aliphatic rings. The van der Waals surface area contributed by atoms with Crippen LogP contribution in [0.25, 0.3) is 0 Å². The van der Waals surface area contributed by atoms with Crippen LogP contribution >= 0.6 is 7.60 Å². The lowest BCUT2D eigenvalue weighted by atomic mass is 10.2. The Hall–Kier alpha value is -0.460. The monoisotopic (exact) mass is 243 g/mol. The average molecular weight is 243 g/mol. The second-order valence-electron chi connectivity index (χ2n) is 2.54. The molecule has 5 N–H and O–H groups in total. The quantitative estimate of drug-likeness (QED) is 0.362. The molecule has 0 spiro atoms. The van der Waals surface area contributed by atoms with Crippen molar-refractivity contribution in [2.24, 2.45) is 5.73 Å². The summed E-state index contributed by atoms with van der Waals surface area (Å²) in [4.78, 5) is 27.8. The zero-order chi connectivity index (χ0) is 12.5. The van der Waals surface area contributed by atoms with Gasteiger partial charge in [-0.05, 0) is 13.3 Å². The summed E-state index contributed by atoms with van der Waals surface area (Å²) < 4.78 is 15.0. The van der Waals surface area contributed by atoms with Crippen molar-refractivity contribution in [1.82, 2.24) is 0 Å². The first-order valence-electron chi connectivity index (χ1n) is 4.28. The summed E-state index contributed by atoms with van der Waals surface area (Å²) in [7, 11) is -3.07. The molecule has 0 radical (unpaired) electrons. The summed E-state index contributed by atoms with van der Waals surface area (Å²) in [5.74, 6) is -0.629. The molecule has 0 aliphatic carbocycles. The van der Waals surface area contributed by atoms with Crippen molar-refractivity contribution < 1.29 is 29.0 Å². The van der Waals surface area contributed by atoms with Crippen LogP contribution in [-0.2, 0) is 14.1 Å². The van der Waals surface area contributed by atoms with Crippen molar-refractivity contribution in [2.45, 2.75) is 19.4 Å². The predicted octanol–water partition coefficient (Wildman–Crippen LogP) is -0.947. The van der Waals surface area contributed by atoms with Gasteiger partial charge in [-0.1, -0.05) is 0 Å². The molecule has 0 rings (SSSR count). The highest BCUT2D eigenvalue weighted by Crippen LogP contribution is 2.35. The van der Waals surface area contributed by atoms with Gasteiger partial charge >= 0.3 is 13.6 Å². The molecular weight excluding hydrogens is 225 g/mol. The third-order valence-corrected chi connectivity index (χ3v) is 2.16. The Morgan fingerprint density at radius 3 is 2.27 bits per heavy atom. The van der Waals surface area contributed by atoms with Crippen molar-refractivity contribution >= 4 is 13.6 Å². The van der Waals surface area contributed by atoms with Crippen LogP contribution in [0.5, 0.6) is 0 Å². The number of carbonyl (C=O) groups is 1. The molecule has 15 heavy (non-hydrogen) atoms. The van der Waals surface area contributed by atoms with Crippen LogP contribution < -0.4 is 5.73 Å². The Labute approximate surface area is 88.4 Å². The molecule has 0 heterocycles. The number of esters is 1. The summed E-state index contributed by atoms with van der Waals surface area (Å²) in [5.41, 5.74) is 5.29. The number of nitrogens with two attached hydrogens (primary N) is 1. The minimum Gasteiger partial charge on any atom is -0.465 e. The molecule has 0 fully saturated rings. The van der Waals surface area contributed by atoms with Crippen molar-refractivity contribution in [2.75, 3.05) is 19.9 Å². The van der Waals surface area contributed by atoms with Crippen molar-refractivity contribution in [3.63, 3.8) is 0 Å². The van der Waals surface area contributed by atoms with Gasteiger partial charge in [-0.2, -0.15) is 0 Å². The maximum atomic E-state index is 10.9. The first kappa shape index (κ1) is 17.0. The molecule has 0 saturated carbocycles. The Morgan fingerprint density at radius 2 is 1.93 bits per heavy atom. The molecule has 7 nitrogen and oxygen atoms in total. The summed E-state index contributed by atoms with van der Waals surface area (Å²) in [6.07, 6.45) is -0.462. The summed E-state index contributed by atoms with van der Waals surface area (Å²) in [6, 6.07) is -0.951. The van der Waals surface area contributed by atoms with E-state index in [1.54, 1.807) is 6.92 Å². The van der Waals surface area contributed by atoms with E-state index in [2.05, 4.69) is 4.74 Å². The standard InChI is InChI=1S/C6H14NO5P.CH4O/c1-2-12-6(8)5(7)3-4-13(9,10)11;1-2/h5H,2-4,7H2,1H3,(H2,9,10,11);2H,1H3. The van der Waals surface area contributed by atoms with Crippen molar-refractivity contribution in [1.29, 1.82) is 0 Å². The molecule has 0 aromatic heterocycles. The normalized spacial score (nSPS) is 12.4. The Kier molecular flexibility index (Phi) is 9.96. The Balaban J connectivity index is 0. The molecular formula is C7H18NO6P. The second kappa shape index (κ2) is 8.82. The SMILES string of the molecule is CCOC(=O)C(N)CCP(=O)(O)O.CO. The highest BCUT2D eigenvalue weighted by atomic mass is 31.2. The van der Waals surface area contributed by atoms with Gasteiger partial charge in [0, 0.05) is 7.11 Å². The molecule has 8 heteroatoms. The summed E-state index contributed by atoms with van der Waals surface area (Å²) >= 11 is 0. The molecule has 1 atom stereocenters. The highest BCUT2D eigenvalue weighted by Gasteiger charge is 2.20. The molecule has 0 bridgehead atoms. The lowest BCUT2D eigenvalue weighted by Crippen LogP contribution is -2.33. The largest absolute Gasteiger partial charge is 0.465 e.